The number of nitrogens with one attached hydrogen (secondary N) is 1. The lowest BCUT2D eigenvalue weighted by Gasteiger charge is -2.32. The van der Waals surface area contributed by atoms with Gasteiger partial charge in [-0.25, -0.2) is 4.98 Å². The molecule has 168 valence electrons. The largest absolute Gasteiger partial charge is 0.367 e. The van der Waals surface area contributed by atoms with Crippen molar-refractivity contribution in [2.75, 3.05) is 18.4 Å². The number of fused-ring (bicyclic) bond motifs is 1. The summed E-state index contributed by atoms with van der Waals surface area (Å²) in [5.74, 6) is 0.908. The topological polar surface area (TPSA) is 62.5 Å². The van der Waals surface area contributed by atoms with Crippen molar-refractivity contribution in [3.63, 3.8) is 0 Å². The van der Waals surface area contributed by atoms with Crippen LogP contribution in [0.15, 0.2) is 63.9 Å². The molecule has 0 bridgehead atoms. The summed E-state index contributed by atoms with van der Waals surface area (Å²) in [6, 6.07) is 11.9. The first-order valence-corrected chi connectivity index (χ1v) is 12.7. The summed E-state index contributed by atoms with van der Waals surface area (Å²) in [6.45, 7) is 1.41. The molecule has 4 aromatic rings. The first-order valence-electron chi connectivity index (χ1n) is 10.6. The standard InChI is InChI=1S/C24H21BrClN5OS/c25-19-14-27-31-22(13-21(29-24(19)31)18-3-1-2-4-20(18)26)28-17-7-10-30(11-8-17)23(32)6-5-16-9-12-33-15-16/h1-6,9,12-15,17,28H,7-8,10-11H2. The minimum Gasteiger partial charge on any atom is -0.367 e. The maximum atomic E-state index is 12.6. The highest BCUT2D eigenvalue weighted by Crippen LogP contribution is 2.31. The third-order valence-electron chi connectivity index (χ3n) is 5.70. The van der Waals surface area contributed by atoms with Crippen LogP contribution in [-0.2, 0) is 4.79 Å². The van der Waals surface area contributed by atoms with Crippen LogP contribution in [0.4, 0.5) is 5.82 Å². The molecule has 4 heterocycles. The zero-order chi connectivity index (χ0) is 22.8. The molecule has 3 aromatic heterocycles. The first-order chi connectivity index (χ1) is 16.1. The van der Waals surface area contributed by atoms with Gasteiger partial charge in [0.25, 0.3) is 0 Å². The molecule has 0 aliphatic carbocycles. The van der Waals surface area contributed by atoms with Crippen LogP contribution in [0.1, 0.15) is 18.4 Å². The Morgan fingerprint density at radius 2 is 2.06 bits per heavy atom. The monoisotopic (exact) mass is 541 g/mol. The van der Waals surface area contributed by atoms with Crippen molar-refractivity contribution in [2.24, 2.45) is 0 Å². The van der Waals surface area contributed by atoms with Crippen molar-refractivity contribution in [2.45, 2.75) is 18.9 Å². The van der Waals surface area contributed by atoms with Gasteiger partial charge in [-0.15, -0.1) is 0 Å². The van der Waals surface area contributed by atoms with Crippen LogP contribution in [-0.4, -0.2) is 44.5 Å². The molecule has 1 aliphatic heterocycles. The van der Waals surface area contributed by atoms with Crippen molar-refractivity contribution in [3.05, 3.63) is 74.5 Å². The number of aromatic nitrogens is 3. The molecule has 6 nitrogen and oxygen atoms in total. The molecule has 0 saturated carbocycles. The van der Waals surface area contributed by atoms with Crippen molar-refractivity contribution in [1.82, 2.24) is 19.5 Å². The SMILES string of the molecule is O=C(C=Cc1ccsc1)N1CCC(Nc2cc(-c3ccccc3Cl)nc3c(Br)cnn23)CC1. The summed E-state index contributed by atoms with van der Waals surface area (Å²) in [5.41, 5.74) is 3.44. The van der Waals surface area contributed by atoms with Gasteiger partial charge in [-0.3, -0.25) is 4.79 Å². The Kier molecular flexibility index (Phi) is 6.48. The van der Waals surface area contributed by atoms with E-state index >= 15 is 0 Å². The molecule has 1 aliphatic rings. The molecule has 1 amide bonds. The fourth-order valence-electron chi connectivity index (χ4n) is 3.94. The van der Waals surface area contributed by atoms with E-state index in [-0.39, 0.29) is 11.9 Å². The predicted molar refractivity (Wildman–Crippen MR) is 138 cm³/mol. The number of thiophene rings is 1. The second-order valence-electron chi connectivity index (χ2n) is 7.87. The number of amides is 1. The first kappa shape index (κ1) is 22.1. The summed E-state index contributed by atoms with van der Waals surface area (Å²) in [5, 5.41) is 12.8. The van der Waals surface area contributed by atoms with Crippen LogP contribution in [0.25, 0.3) is 23.0 Å². The van der Waals surface area contributed by atoms with Crippen molar-refractivity contribution in [3.8, 4) is 11.3 Å². The Morgan fingerprint density at radius 1 is 1.24 bits per heavy atom. The highest BCUT2D eigenvalue weighted by Gasteiger charge is 2.23. The van der Waals surface area contributed by atoms with E-state index in [0.29, 0.717) is 18.1 Å². The maximum absolute atomic E-state index is 12.6. The number of carbonyl (C=O) groups is 1. The molecule has 1 saturated heterocycles. The number of halogens is 2. The van der Waals surface area contributed by atoms with Crippen LogP contribution in [0.2, 0.25) is 5.02 Å². The van der Waals surface area contributed by atoms with Crippen LogP contribution < -0.4 is 5.32 Å². The van der Waals surface area contributed by atoms with Crippen molar-refractivity contribution >= 4 is 62.3 Å². The fraction of sp³-hybridized carbons (Fsp3) is 0.208. The minimum absolute atomic E-state index is 0.0583. The van der Waals surface area contributed by atoms with Gasteiger partial charge in [0.1, 0.15) is 5.82 Å². The van der Waals surface area contributed by atoms with E-state index in [0.717, 1.165) is 45.6 Å². The second kappa shape index (κ2) is 9.67. The number of rotatable bonds is 5. The molecular formula is C24H21BrClN5OS. The minimum atomic E-state index is 0.0583. The van der Waals surface area contributed by atoms with Crippen LogP contribution >= 0.6 is 38.9 Å². The number of anilines is 1. The predicted octanol–water partition coefficient (Wildman–Crippen LogP) is 5.99. The molecule has 1 N–H and O–H groups in total. The molecule has 5 rings (SSSR count). The van der Waals surface area contributed by atoms with E-state index in [1.807, 2.05) is 58.1 Å². The van der Waals surface area contributed by atoms with E-state index in [1.165, 1.54) is 0 Å². The number of benzene rings is 1. The lowest BCUT2D eigenvalue weighted by Crippen LogP contribution is -2.42. The summed E-state index contributed by atoms with van der Waals surface area (Å²) >= 11 is 11.6. The van der Waals surface area contributed by atoms with Crippen LogP contribution in [0, 0.1) is 0 Å². The Morgan fingerprint density at radius 3 is 2.82 bits per heavy atom. The number of hydrogen-bond donors (Lipinski definition) is 1. The third kappa shape index (κ3) is 4.83. The highest BCUT2D eigenvalue weighted by atomic mass is 79.9. The molecule has 0 unspecified atom stereocenters. The zero-order valence-electron chi connectivity index (χ0n) is 17.6. The van der Waals surface area contributed by atoms with Gasteiger partial charge >= 0.3 is 0 Å². The lowest BCUT2D eigenvalue weighted by atomic mass is 10.0. The van der Waals surface area contributed by atoms with Gasteiger partial charge in [-0.05, 0) is 63.3 Å². The maximum Gasteiger partial charge on any atom is 0.246 e. The Balaban J connectivity index is 1.32. The van der Waals surface area contributed by atoms with Gasteiger partial charge in [-0.1, -0.05) is 29.8 Å². The molecule has 0 radical (unpaired) electrons. The van der Waals surface area contributed by atoms with Crippen LogP contribution in [0.3, 0.4) is 0 Å². The van der Waals surface area contributed by atoms with Gasteiger partial charge in [0.15, 0.2) is 5.65 Å². The number of carbonyl (C=O) groups excluding carboxylic acids is 1. The summed E-state index contributed by atoms with van der Waals surface area (Å²) in [6.07, 6.45) is 6.99. The third-order valence-corrected chi connectivity index (χ3v) is 7.29. The zero-order valence-corrected chi connectivity index (χ0v) is 20.8. The molecule has 0 spiro atoms. The molecule has 1 fully saturated rings. The molecule has 33 heavy (non-hydrogen) atoms. The quantitative estimate of drug-likeness (QED) is 0.315. The Labute approximate surface area is 209 Å². The smallest absolute Gasteiger partial charge is 0.246 e. The number of nitrogens with zero attached hydrogens (tertiary/aromatic N) is 4. The summed E-state index contributed by atoms with van der Waals surface area (Å²) in [7, 11) is 0. The second-order valence-corrected chi connectivity index (χ2v) is 9.91. The van der Waals surface area contributed by atoms with E-state index in [2.05, 4.69) is 26.3 Å². The Hall–Kier alpha value is -2.68. The van der Waals surface area contributed by atoms with Gasteiger partial charge in [0, 0.05) is 41.9 Å². The number of hydrogen-bond acceptors (Lipinski definition) is 5. The van der Waals surface area contributed by atoms with Gasteiger partial charge in [0.2, 0.25) is 5.91 Å². The summed E-state index contributed by atoms with van der Waals surface area (Å²) in [4.78, 5) is 19.2. The number of piperidine rings is 1. The molecule has 1 aromatic carbocycles. The molecular weight excluding hydrogens is 522 g/mol. The summed E-state index contributed by atoms with van der Waals surface area (Å²) < 4.78 is 2.61. The van der Waals surface area contributed by atoms with Gasteiger partial charge < -0.3 is 10.2 Å². The van der Waals surface area contributed by atoms with Crippen molar-refractivity contribution < 1.29 is 4.79 Å². The van der Waals surface area contributed by atoms with E-state index in [1.54, 1.807) is 28.1 Å². The Bertz CT molecular complexity index is 1310. The highest BCUT2D eigenvalue weighted by molar-refractivity contribution is 9.10. The average molecular weight is 543 g/mol. The van der Waals surface area contributed by atoms with E-state index in [9.17, 15) is 4.79 Å². The average Bonchev–Trinajstić information content (AvgIpc) is 3.48. The number of likely N-dealkylation sites (tertiary alicyclic amines) is 1. The van der Waals surface area contributed by atoms with E-state index in [4.69, 9.17) is 16.6 Å². The van der Waals surface area contributed by atoms with Gasteiger partial charge in [-0.2, -0.15) is 21.0 Å². The normalized spacial score (nSPS) is 14.9. The lowest BCUT2D eigenvalue weighted by molar-refractivity contribution is -0.126. The fourth-order valence-corrected chi connectivity index (χ4v) is 5.15. The van der Waals surface area contributed by atoms with Crippen LogP contribution in [0.5, 0.6) is 0 Å². The van der Waals surface area contributed by atoms with Gasteiger partial charge in [0.05, 0.1) is 16.4 Å². The molecule has 0 atom stereocenters. The van der Waals surface area contributed by atoms with E-state index < -0.39 is 0 Å². The van der Waals surface area contributed by atoms with Crippen molar-refractivity contribution in [1.29, 1.82) is 0 Å². The molecule has 9 heteroatoms.